The van der Waals surface area contributed by atoms with Crippen molar-refractivity contribution in [3.8, 4) is 0 Å². The molecule has 0 atom stereocenters. The monoisotopic (exact) mass is 356 g/mol. The number of allylic oxidation sites excluding steroid dienone is 2. The first-order chi connectivity index (χ1) is 12.0. The van der Waals surface area contributed by atoms with Crippen molar-refractivity contribution in [2.45, 2.75) is 96.8 Å². The fraction of sp³-hybridized carbons (Fsp3) is 0.789. The van der Waals surface area contributed by atoms with Gasteiger partial charge in [-0.2, -0.15) is 0 Å². The third-order valence-corrected chi connectivity index (χ3v) is 3.80. The molecule has 6 nitrogen and oxygen atoms in total. The Bertz CT molecular complexity index is 340. The third kappa shape index (κ3) is 30.7. The highest BCUT2D eigenvalue weighted by molar-refractivity contribution is 5.75. The van der Waals surface area contributed by atoms with Crippen LogP contribution in [0.3, 0.4) is 0 Å². The molecule has 0 aromatic heterocycles. The van der Waals surface area contributed by atoms with E-state index in [1.54, 1.807) is 0 Å². The molecular weight excluding hydrogens is 316 g/mol. The summed E-state index contributed by atoms with van der Waals surface area (Å²) in [4.78, 5) is 10.3. The topological polar surface area (TPSA) is 128 Å². The Morgan fingerprint density at radius 2 is 1.24 bits per heavy atom. The summed E-state index contributed by atoms with van der Waals surface area (Å²) in [6.45, 7) is 2.26. The normalized spacial score (nSPS) is 10.3. The van der Waals surface area contributed by atoms with Crippen molar-refractivity contribution in [3.63, 3.8) is 0 Å². The predicted molar refractivity (Wildman–Crippen MR) is 107 cm³/mol. The molecule has 0 spiro atoms. The van der Waals surface area contributed by atoms with Crippen LogP contribution in [0.5, 0.6) is 0 Å². The number of hydrazone groups is 1. The Labute approximate surface area is 153 Å². The molecule has 7 N–H and O–H groups in total. The molecule has 0 saturated carbocycles. The van der Waals surface area contributed by atoms with Crippen LogP contribution in [-0.2, 0) is 4.79 Å². The second-order valence-electron chi connectivity index (χ2n) is 6.28. The molecule has 0 saturated heterocycles. The molecule has 25 heavy (non-hydrogen) atoms. The van der Waals surface area contributed by atoms with Gasteiger partial charge in [0.25, 0.3) is 0 Å². The van der Waals surface area contributed by atoms with E-state index in [0.29, 0.717) is 6.42 Å². The smallest absolute Gasteiger partial charge is 0.303 e. The molecule has 0 aliphatic heterocycles. The minimum absolute atomic E-state index is 0.0926. The molecule has 148 valence electrons. The van der Waals surface area contributed by atoms with E-state index in [4.69, 9.17) is 16.6 Å². The van der Waals surface area contributed by atoms with Gasteiger partial charge in [-0.3, -0.25) is 4.79 Å². The fourth-order valence-corrected chi connectivity index (χ4v) is 2.35. The molecule has 0 aromatic carbocycles. The lowest BCUT2D eigenvalue weighted by atomic mass is 10.1. The zero-order chi connectivity index (χ0) is 19.2. The second-order valence-corrected chi connectivity index (χ2v) is 6.28. The summed E-state index contributed by atoms with van der Waals surface area (Å²) in [7, 11) is 0. The molecule has 0 fully saturated rings. The molecule has 0 heterocycles. The van der Waals surface area contributed by atoms with E-state index in [-0.39, 0.29) is 5.96 Å². The Balaban J connectivity index is 0. The predicted octanol–water partition coefficient (Wildman–Crippen LogP) is 4.24. The van der Waals surface area contributed by atoms with Crippen LogP contribution >= 0.6 is 0 Å². The zero-order valence-electron chi connectivity index (χ0n) is 16.1. The molecule has 0 amide bonds. The van der Waals surface area contributed by atoms with E-state index in [1.165, 1.54) is 70.6 Å². The molecule has 0 aliphatic carbocycles. The van der Waals surface area contributed by atoms with Crippen molar-refractivity contribution in [3.05, 3.63) is 12.2 Å². The van der Waals surface area contributed by atoms with Crippen LogP contribution in [0.15, 0.2) is 17.3 Å². The van der Waals surface area contributed by atoms with E-state index in [0.717, 1.165) is 12.8 Å². The third-order valence-electron chi connectivity index (χ3n) is 3.80. The van der Waals surface area contributed by atoms with Gasteiger partial charge < -0.3 is 22.4 Å². The summed E-state index contributed by atoms with van der Waals surface area (Å²) in [5, 5.41) is 11.4. The number of nitrogens with two attached hydrogens (primary N) is 3. The number of unbranched alkanes of at least 4 members (excludes halogenated alkanes) is 11. The first-order valence-corrected chi connectivity index (χ1v) is 9.70. The summed E-state index contributed by atoms with van der Waals surface area (Å²) >= 11 is 0. The van der Waals surface area contributed by atoms with Gasteiger partial charge in [0.15, 0.2) is 0 Å². The highest BCUT2D eigenvalue weighted by Crippen LogP contribution is 2.09. The summed E-state index contributed by atoms with van der Waals surface area (Å²) in [6.07, 6.45) is 21.2. The average Bonchev–Trinajstić information content (AvgIpc) is 2.58. The molecule has 0 bridgehead atoms. The number of aliphatic carboxylic acids is 1. The number of guanidine groups is 1. The van der Waals surface area contributed by atoms with Gasteiger partial charge in [0, 0.05) is 6.42 Å². The van der Waals surface area contributed by atoms with Gasteiger partial charge in [0.2, 0.25) is 5.96 Å². The van der Waals surface area contributed by atoms with Gasteiger partial charge in [0.1, 0.15) is 0 Å². The molecular formula is C19H40N4O2. The van der Waals surface area contributed by atoms with Crippen LogP contribution in [0.2, 0.25) is 0 Å². The second kappa shape index (κ2) is 22.3. The summed E-state index contributed by atoms with van der Waals surface area (Å²) in [6, 6.07) is 0. The lowest BCUT2D eigenvalue weighted by Crippen LogP contribution is -2.23. The lowest BCUT2D eigenvalue weighted by Gasteiger charge is -1.99. The number of rotatable bonds is 15. The maximum Gasteiger partial charge on any atom is 0.303 e. The Morgan fingerprint density at radius 3 is 1.64 bits per heavy atom. The van der Waals surface area contributed by atoms with Crippen LogP contribution in [0, 0.1) is 0 Å². The van der Waals surface area contributed by atoms with Gasteiger partial charge in [-0.05, 0) is 32.1 Å². The highest BCUT2D eigenvalue weighted by Gasteiger charge is 1.95. The quantitative estimate of drug-likeness (QED) is 0.0871. The van der Waals surface area contributed by atoms with Gasteiger partial charge in [0.05, 0.1) is 0 Å². The average molecular weight is 357 g/mol. The van der Waals surface area contributed by atoms with Crippen molar-refractivity contribution in [2.75, 3.05) is 0 Å². The zero-order valence-corrected chi connectivity index (χ0v) is 16.1. The molecule has 0 unspecified atom stereocenters. The number of hydrogen-bond donors (Lipinski definition) is 4. The van der Waals surface area contributed by atoms with E-state index in [9.17, 15) is 4.79 Å². The molecule has 6 heteroatoms. The van der Waals surface area contributed by atoms with E-state index < -0.39 is 5.97 Å². The number of nitrogens with zero attached hydrogens (tertiary/aromatic N) is 1. The maximum atomic E-state index is 10.3. The standard InChI is InChI=1S/C18H34O2.CH6N4/c1-2-3-4-5-6-7-8-9-10-11-12-13-14-15-16-17-18(19)20;2-1(3)5-4/h9-10H,2-8,11-17H2,1H3,(H,19,20);4H2,(H4,2,3,5)/b10-9-;. The summed E-state index contributed by atoms with van der Waals surface area (Å²) < 4.78 is 0. The Hall–Kier alpha value is -1.72. The highest BCUT2D eigenvalue weighted by atomic mass is 16.4. The Morgan fingerprint density at radius 1 is 0.840 bits per heavy atom. The SMILES string of the molecule is CCCCCCCC/C=C\CCCCCCCC(=O)O.NN=C(N)N. The van der Waals surface area contributed by atoms with Gasteiger partial charge in [-0.15, -0.1) is 5.10 Å². The van der Waals surface area contributed by atoms with Crippen molar-refractivity contribution in [1.82, 2.24) is 0 Å². The molecule has 0 rings (SSSR count). The van der Waals surface area contributed by atoms with Crippen molar-refractivity contribution >= 4 is 11.9 Å². The minimum atomic E-state index is -0.664. The van der Waals surface area contributed by atoms with Crippen molar-refractivity contribution in [1.29, 1.82) is 0 Å². The number of carbonyl (C=O) groups is 1. The molecule has 0 radical (unpaired) electrons. The largest absolute Gasteiger partial charge is 0.481 e. The molecule has 0 aliphatic rings. The van der Waals surface area contributed by atoms with Gasteiger partial charge in [-0.1, -0.05) is 70.4 Å². The van der Waals surface area contributed by atoms with E-state index in [1.807, 2.05) is 0 Å². The molecule has 0 aromatic rings. The van der Waals surface area contributed by atoms with Crippen LogP contribution < -0.4 is 17.3 Å². The fourth-order valence-electron chi connectivity index (χ4n) is 2.35. The van der Waals surface area contributed by atoms with Crippen LogP contribution in [0.25, 0.3) is 0 Å². The number of carboxylic acid groups (broad SMARTS) is 1. The summed E-state index contributed by atoms with van der Waals surface area (Å²) in [5.41, 5.74) is 9.39. The van der Waals surface area contributed by atoms with Gasteiger partial charge >= 0.3 is 5.97 Å². The van der Waals surface area contributed by atoms with Gasteiger partial charge in [-0.25, -0.2) is 0 Å². The maximum absolute atomic E-state index is 10.3. The van der Waals surface area contributed by atoms with Crippen LogP contribution in [0.1, 0.15) is 96.8 Å². The lowest BCUT2D eigenvalue weighted by molar-refractivity contribution is -0.137. The minimum Gasteiger partial charge on any atom is -0.481 e. The van der Waals surface area contributed by atoms with Crippen LogP contribution in [0.4, 0.5) is 0 Å². The number of hydrogen-bond acceptors (Lipinski definition) is 3. The van der Waals surface area contributed by atoms with E-state index >= 15 is 0 Å². The van der Waals surface area contributed by atoms with Crippen molar-refractivity contribution < 1.29 is 9.90 Å². The first kappa shape index (κ1) is 25.5. The summed E-state index contributed by atoms with van der Waals surface area (Å²) in [5.74, 6) is 3.75. The van der Waals surface area contributed by atoms with E-state index in [2.05, 4.69) is 30.0 Å². The Kier molecular flexibility index (Phi) is 22.7. The van der Waals surface area contributed by atoms with Crippen molar-refractivity contribution in [2.24, 2.45) is 22.4 Å². The van der Waals surface area contributed by atoms with Crippen LogP contribution in [-0.4, -0.2) is 17.0 Å². The number of carboxylic acids is 1. The first-order valence-electron chi connectivity index (χ1n) is 9.70.